The standard InChI is InChI=1S/C19H19N3O3S/c23-16(21-9-2-1-3-10-21)12-13-4-6-14(7-5-13)22-18(24)17-15(8-11-26-17)20-19(22)25/h4-8,11H,1-3,9-10,12H2,(H,20,25). The fraction of sp³-hybridized carbons (Fsp3) is 0.316. The van der Waals surface area contributed by atoms with E-state index in [-0.39, 0.29) is 11.5 Å². The Morgan fingerprint density at radius 1 is 1.04 bits per heavy atom. The Bertz CT molecular complexity index is 1060. The van der Waals surface area contributed by atoms with E-state index < -0.39 is 5.69 Å². The summed E-state index contributed by atoms with van der Waals surface area (Å²) < 4.78 is 1.66. The van der Waals surface area contributed by atoms with Crippen LogP contribution in [-0.2, 0) is 11.2 Å². The normalized spacial score (nSPS) is 14.7. The minimum absolute atomic E-state index is 0.132. The van der Waals surface area contributed by atoms with Crippen LogP contribution in [0, 0.1) is 0 Å². The van der Waals surface area contributed by atoms with Gasteiger partial charge in [0, 0.05) is 13.1 Å². The molecule has 1 aliphatic heterocycles. The largest absolute Gasteiger partial charge is 0.342 e. The van der Waals surface area contributed by atoms with E-state index in [4.69, 9.17) is 0 Å². The fourth-order valence-electron chi connectivity index (χ4n) is 3.37. The molecule has 1 aromatic carbocycles. The molecule has 0 atom stereocenters. The summed E-state index contributed by atoms with van der Waals surface area (Å²) in [5.74, 6) is 0.132. The molecule has 2 aromatic heterocycles. The van der Waals surface area contributed by atoms with Crippen LogP contribution in [0.3, 0.4) is 0 Å². The molecule has 0 spiro atoms. The fourth-order valence-corrected chi connectivity index (χ4v) is 4.14. The molecule has 0 aliphatic carbocycles. The Hall–Kier alpha value is -2.67. The van der Waals surface area contributed by atoms with E-state index in [0.29, 0.717) is 22.3 Å². The Balaban J connectivity index is 1.59. The van der Waals surface area contributed by atoms with Crippen molar-refractivity contribution >= 4 is 27.5 Å². The number of nitrogens with zero attached hydrogens (tertiary/aromatic N) is 2. The lowest BCUT2D eigenvalue weighted by atomic mass is 10.1. The Morgan fingerprint density at radius 3 is 2.50 bits per heavy atom. The number of carbonyl (C=O) groups is 1. The molecule has 3 aromatic rings. The monoisotopic (exact) mass is 369 g/mol. The van der Waals surface area contributed by atoms with Crippen LogP contribution in [0.1, 0.15) is 24.8 Å². The summed E-state index contributed by atoms with van der Waals surface area (Å²) in [6.45, 7) is 1.67. The van der Waals surface area contributed by atoms with Crippen LogP contribution >= 0.6 is 11.3 Å². The highest BCUT2D eigenvalue weighted by atomic mass is 32.1. The van der Waals surface area contributed by atoms with Crippen LogP contribution in [0.15, 0.2) is 45.3 Å². The number of carbonyl (C=O) groups excluding carboxylic acids is 1. The van der Waals surface area contributed by atoms with Crippen molar-refractivity contribution < 1.29 is 4.79 Å². The summed E-state index contributed by atoms with van der Waals surface area (Å²) in [4.78, 5) is 41.8. The molecular formula is C19H19N3O3S. The number of H-pyrrole nitrogens is 1. The summed E-state index contributed by atoms with van der Waals surface area (Å²) in [6, 6.07) is 8.77. The van der Waals surface area contributed by atoms with Gasteiger partial charge in [0.2, 0.25) is 5.91 Å². The zero-order chi connectivity index (χ0) is 18.1. The van der Waals surface area contributed by atoms with Gasteiger partial charge in [-0.05, 0) is 48.4 Å². The van der Waals surface area contributed by atoms with Crippen LogP contribution < -0.4 is 11.2 Å². The molecule has 1 amide bonds. The van der Waals surface area contributed by atoms with Crippen molar-refractivity contribution in [3.05, 3.63) is 62.1 Å². The Labute approximate surface area is 153 Å². The highest BCUT2D eigenvalue weighted by Crippen LogP contribution is 2.15. The van der Waals surface area contributed by atoms with Gasteiger partial charge in [0.25, 0.3) is 5.56 Å². The van der Waals surface area contributed by atoms with E-state index >= 15 is 0 Å². The number of benzene rings is 1. The molecule has 0 bridgehead atoms. The van der Waals surface area contributed by atoms with E-state index in [9.17, 15) is 14.4 Å². The summed E-state index contributed by atoms with van der Waals surface area (Å²) in [5, 5.41) is 1.78. The number of amides is 1. The predicted octanol–water partition coefficient (Wildman–Crippen LogP) is 2.30. The number of hydrogen-bond donors (Lipinski definition) is 1. The van der Waals surface area contributed by atoms with Gasteiger partial charge >= 0.3 is 5.69 Å². The summed E-state index contributed by atoms with van der Waals surface area (Å²) in [5.41, 5.74) is 1.16. The van der Waals surface area contributed by atoms with Crippen molar-refractivity contribution in [2.75, 3.05) is 13.1 Å². The molecule has 26 heavy (non-hydrogen) atoms. The lowest BCUT2D eigenvalue weighted by Gasteiger charge is -2.26. The average molecular weight is 369 g/mol. The molecule has 1 aliphatic rings. The third-order valence-corrected chi connectivity index (χ3v) is 5.67. The van der Waals surface area contributed by atoms with Gasteiger partial charge < -0.3 is 9.88 Å². The maximum absolute atomic E-state index is 12.6. The maximum atomic E-state index is 12.6. The molecular weight excluding hydrogens is 350 g/mol. The van der Waals surface area contributed by atoms with Gasteiger partial charge in [-0.15, -0.1) is 11.3 Å². The average Bonchev–Trinajstić information content (AvgIpc) is 3.12. The molecule has 1 fully saturated rings. The second kappa shape index (κ2) is 6.92. The van der Waals surface area contributed by atoms with Gasteiger partial charge in [0.05, 0.1) is 17.6 Å². The van der Waals surface area contributed by atoms with Gasteiger partial charge in [-0.25, -0.2) is 9.36 Å². The number of nitrogens with one attached hydrogen (secondary N) is 1. The lowest BCUT2D eigenvalue weighted by molar-refractivity contribution is -0.131. The minimum Gasteiger partial charge on any atom is -0.342 e. The van der Waals surface area contributed by atoms with Crippen molar-refractivity contribution in [3.8, 4) is 5.69 Å². The van der Waals surface area contributed by atoms with Crippen LogP contribution in [0.5, 0.6) is 0 Å². The number of aromatic amines is 1. The van der Waals surface area contributed by atoms with Crippen LogP contribution in [0.4, 0.5) is 0 Å². The van der Waals surface area contributed by atoms with Crippen molar-refractivity contribution in [2.45, 2.75) is 25.7 Å². The molecule has 0 saturated carbocycles. The number of aromatic nitrogens is 2. The SMILES string of the molecule is O=C(Cc1ccc(-n2c(=O)[nH]c3ccsc3c2=O)cc1)N1CCCCC1. The smallest absolute Gasteiger partial charge is 0.333 e. The Morgan fingerprint density at radius 2 is 1.77 bits per heavy atom. The third kappa shape index (κ3) is 3.10. The second-order valence-electron chi connectivity index (χ2n) is 6.52. The summed E-state index contributed by atoms with van der Waals surface area (Å²) in [7, 11) is 0. The number of thiophene rings is 1. The number of hydrogen-bond acceptors (Lipinski definition) is 4. The van der Waals surface area contributed by atoms with E-state index in [2.05, 4.69) is 4.98 Å². The van der Waals surface area contributed by atoms with Gasteiger partial charge in [-0.2, -0.15) is 0 Å². The highest BCUT2D eigenvalue weighted by molar-refractivity contribution is 7.17. The predicted molar refractivity (Wildman–Crippen MR) is 102 cm³/mol. The van der Waals surface area contributed by atoms with E-state index in [1.807, 2.05) is 17.0 Å². The zero-order valence-electron chi connectivity index (χ0n) is 14.2. The van der Waals surface area contributed by atoms with Crippen molar-refractivity contribution in [3.63, 3.8) is 0 Å². The van der Waals surface area contributed by atoms with Crippen LogP contribution in [0.2, 0.25) is 0 Å². The molecule has 4 rings (SSSR count). The first kappa shape index (κ1) is 16.8. The van der Waals surface area contributed by atoms with E-state index in [0.717, 1.165) is 36.1 Å². The highest BCUT2D eigenvalue weighted by Gasteiger charge is 2.17. The first-order valence-electron chi connectivity index (χ1n) is 8.73. The van der Waals surface area contributed by atoms with E-state index in [1.165, 1.54) is 17.8 Å². The lowest BCUT2D eigenvalue weighted by Crippen LogP contribution is -2.36. The second-order valence-corrected chi connectivity index (χ2v) is 7.43. The molecule has 3 heterocycles. The zero-order valence-corrected chi connectivity index (χ0v) is 15.1. The molecule has 7 heteroatoms. The molecule has 1 N–H and O–H groups in total. The quantitative estimate of drug-likeness (QED) is 0.770. The van der Waals surface area contributed by atoms with E-state index in [1.54, 1.807) is 23.6 Å². The first-order chi connectivity index (χ1) is 12.6. The van der Waals surface area contributed by atoms with Crippen LogP contribution in [-0.4, -0.2) is 33.4 Å². The number of fused-ring (bicyclic) bond motifs is 1. The maximum Gasteiger partial charge on any atom is 0.333 e. The first-order valence-corrected chi connectivity index (χ1v) is 9.61. The Kier molecular flexibility index (Phi) is 4.46. The molecule has 134 valence electrons. The molecule has 0 radical (unpaired) electrons. The molecule has 1 saturated heterocycles. The van der Waals surface area contributed by atoms with Crippen LogP contribution in [0.25, 0.3) is 15.9 Å². The number of likely N-dealkylation sites (tertiary alicyclic amines) is 1. The van der Waals surface area contributed by atoms with Crippen molar-refractivity contribution in [1.29, 1.82) is 0 Å². The topological polar surface area (TPSA) is 75.2 Å². The number of piperidine rings is 1. The summed E-state index contributed by atoms with van der Waals surface area (Å²) in [6.07, 6.45) is 3.68. The van der Waals surface area contributed by atoms with Crippen molar-refractivity contribution in [2.24, 2.45) is 0 Å². The number of rotatable bonds is 3. The van der Waals surface area contributed by atoms with Gasteiger partial charge in [0.1, 0.15) is 4.70 Å². The van der Waals surface area contributed by atoms with Gasteiger partial charge in [-0.3, -0.25) is 9.59 Å². The summed E-state index contributed by atoms with van der Waals surface area (Å²) >= 11 is 1.31. The minimum atomic E-state index is -0.460. The van der Waals surface area contributed by atoms with Crippen molar-refractivity contribution in [1.82, 2.24) is 14.5 Å². The van der Waals surface area contributed by atoms with Gasteiger partial charge in [0.15, 0.2) is 0 Å². The third-order valence-electron chi connectivity index (χ3n) is 4.77. The molecule has 0 unspecified atom stereocenters. The molecule has 6 nitrogen and oxygen atoms in total. The van der Waals surface area contributed by atoms with Gasteiger partial charge in [-0.1, -0.05) is 12.1 Å².